The molecule has 0 fully saturated rings. The van der Waals surface area contributed by atoms with Gasteiger partial charge < -0.3 is 10.1 Å². The third-order valence-corrected chi connectivity index (χ3v) is 4.45. The fraction of sp³-hybridized carbons (Fsp3) is 0.0435. The van der Waals surface area contributed by atoms with E-state index in [9.17, 15) is 28.9 Å². The Morgan fingerprint density at radius 2 is 1.53 bits per heavy atom. The lowest BCUT2D eigenvalue weighted by Gasteiger charge is -2.10. The maximum absolute atomic E-state index is 13.6. The first kappa shape index (κ1) is 23.7. The number of carbonyl (C=O) groups is 3. The van der Waals surface area contributed by atoms with E-state index in [1.54, 1.807) is 12.1 Å². The highest BCUT2D eigenvalue weighted by Crippen LogP contribution is 2.23. The average Bonchev–Trinajstić information content (AvgIpc) is 2.83. The van der Waals surface area contributed by atoms with Crippen LogP contribution in [-0.2, 0) is 9.59 Å². The molecule has 0 spiro atoms. The highest BCUT2D eigenvalue weighted by atomic mass is 19.1. The number of hydrogen-bond donors (Lipinski definition) is 2. The summed E-state index contributed by atoms with van der Waals surface area (Å²) in [5, 5.41) is 17.1. The molecule has 0 saturated carbocycles. The van der Waals surface area contributed by atoms with Crippen molar-refractivity contribution in [3.05, 3.63) is 99.9 Å². The van der Waals surface area contributed by atoms with Crippen LogP contribution in [-0.4, -0.2) is 28.4 Å². The van der Waals surface area contributed by atoms with Gasteiger partial charge in [0.05, 0.1) is 16.3 Å². The number of nitro groups is 1. The average molecular weight is 464 g/mol. The Labute approximate surface area is 192 Å². The van der Waals surface area contributed by atoms with Gasteiger partial charge in [0.25, 0.3) is 5.69 Å². The van der Waals surface area contributed by atoms with Gasteiger partial charge in [-0.2, -0.15) is 5.10 Å². The lowest BCUT2D eigenvalue weighted by molar-refractivity contribution is -0.385. The zero-order valence-electron chi connectivity index (χ0n) is 17.7. The fourth-order valence-corrected chi connectivity index (χ4v) is 2.80. The van der Waals surface area contributed by atoms with Crippen LogP contribution < -0.4 is 15.5 Å². The number of nitrogens with zero attached hydrogens (tertiary/aromatic N) is 2. The van der Waals surface area contributed by atoms with Gasteiger partial charge in [-0.25, -0.2) is 14.6 Å². The molecule has 0 aromatic heterocycles. The molecule has 10 nitrogen and oxygen atoms in total. The number of ether oxygens (including phenoxy) is 1. The fourth-order valence-electron chi connectivity index (χ4n) is 2.80. The smallest absolute Gasteiger partial charge is 0.350 e. The molecule has 0 heterocycles. The molecular formula is C23H17FN4O6. The molecule has 2 N–H and O–H groups in total. The Balaban J connectivity index is 1.74. The van der Waals surface area contributed by atoms with Crippen LogP contribution in [0, 0.1) is 15.9 Å². The van der Waals surface area contributed by atoms with Gasteiger partial charge in [0.2, 0.25) is 0 Å². The second kappa shape index (κ2) is 10.6. The molecule has 2 amide bonds. The van der Waals surface area contributed by atoms with Gasteiger partial charge in [-0.05, 0) is 37.3 Å². The van der Waals surface area contributed by atoms with Crippen molar-refractivity contribution in [2.24, 2.45) is 5.10 Å². The van der Waals surface area contributed by atoms with Crippen LogP contribution in [0.3, 0.4) is 0 Å². The number of para-hydroxylation sites is 3. The molecule has 0 aliphatic carbocycles. The molecule has 0 aliphatic heterocycles. The molecule has 0 bridgehead atoms. The summed E-state index contributed by atoms with van der Waals surface area (Å²) in [5.41, 5.74) is 1.66. The standard InChI is InChI=1S/C23H17FN4O6/c1-14(26-27-22(30)21(29)25-18-11-5-4-10-17(18)24)15-8-3-7-13-20(15)34-23(31)16-9-2-6-12-19(16)28(32)33/h2-13H,1H3,(H,25,29)(H,27,30). The molecule has 3 rings (SSSR count). The monoisotopic (exact) mass is 464 g/mol. The number of amides is 2. The van der Waals surface area contributed by atoms with E-state index in [1.165, 1.54) is 61.5 Å². The second-order valence-corrected chi connectivity index (χ2v) is 6.73. The van der Waals surface area contributed by atoms with Crippen LogP contribution in [0.4, 0.5) is 15.8 Å². The number of esters is 1. The lowest BCUT2D eigenvalue weighted by atomic mass is 10.1. The SMILES string of the molecule is CC(=NNC(=O)C(=O)Nc1ccccc1F)c1ccccc1OC(=O)c1ccccc1[N+](=O)[O-]. The quantitative estimate of drug-likeness (QED) is 0.143. The maximum Gasteiger partial charge on any atom is 0.350 e. The Morgan fingerprint density at radius 1 is 0.912 bits per heavy atom. The number of hydrogen-bond acceptors (Lipinski definition) is 7. The molecule has 11 heteroatoms. The minimum absolute atomic E-state index is 0.0250. The van der Waals surface area contributed by atoms with E-state index in [0.717, 1.165) is 6.07 Å². The van der Waals surface area contributed by atoms with Crippen molar-refractivity contribution >= 4 is 34.9 Å². The summed E-state index contributed by atoms with van der Waals surface area (Å²) in [6.45, 7) is 1.48. The number of hydrazone groups is 1. The molecule has 0 radical (unpaired) electrons. The van der Waals surface area contributed by atoms with E-state index < -0.39 is 34.2 Å². The number of anilines is 1. The molecule has 3 aromatic carbocycles. The number of carbonyl (C=O) groups excluding carboxylic acids is 3. The molecule has 34 heavy (non-hydrogen) atoms. The van der Waals surface area contributed by atoms with Crippen LogP contribution in [0.5, 0.6) is 5.75 Å². The molecule has 0 atom stereocenters. The molecule has 172 valence electrons. The third-order valence-electron chi connectivity index (χ3n) is 4.45. The van der Waals surface area contributed by atoms with E-state index in [1.807, 2.05) is 5.43 Å². The summed E-state index contributed by atoms with van der Waals surface area (Å²) in [6, 6.07) is 16.8. The van der Waals surface area contributed by atoms with Crippen molar-refractivity contribution in [3.8, 4) is 5.75 Å². The summed E-state index contributed by atoms with van der Waals surface area (Å²) in [6.07, 6.45) is 0. The second-order valence-electron chi connectivity index (χ2n) is 6.73. The Bertz CT molecular complexity index is 1310. The minimum atomic E-state index is -1.16. The first-order valence-electron chi connectivity index (χ1n) is 9.73. The third kappa shape index (κ3) is 5.65. The summed E-state index contributed by atoms with van der Waals surface area (Å²) >= 11 is 0. The van der Waals surface area contributed by atoms with Crippen LogP contribution in [0.25, 0.3) is 0 Å². The van der Waals surface area contributed by atoms with Crippen LogP contribution in [0.15, 0.2) is 77.9 Å². The zero-order chi connectivity index (χ0) is 24.7. The van der Waals surface area contributed by atoms with E-state index in [-0.39, 0.29) is 28.3 Å². The van der Waals surface area contributed by atoms with Crippen LogP contribution in [0.2, 0.25) is 0 Å². The van der Waals surface area contributed by atoms with E-state index in [4.69, 9.17) is 4.74 Å². The van der Waals surface area contributed by atoms with E-state index in [0.29, 0.717) is 0 Å². The number of rotatable bonds is 6. The minimum Gasteiger partial charge on any atom is -0.422 e. The Hall–Kier alpha value is -4.93. The summed E-state index contributed by atoms with van der Waals surface area (Å²) < 4.78 is 19.0. The largest absolute Gasteiger partial charge is 0.422 e. The highest BCUT2D eigenvalue weighted by Gasteiger charge is 2.22. The molecular weight excluding hydrogens is 447 g/mol. The van der Waals surface area contributed by atoms with Crippen LogP contribution >= 0.6 is 0 Å². The Morgan fingerprint density at radius 3 is 2.24 bits per heavy atom. The molecule has 0 aliphatic rings. The maximum atomic E-state index is 13.6. The summed E-state index contributed by atoms with van der Waals surface area (Å²) in [4.78, 5) is 47.1. The molecule has 0 unspecified atom stereocenters. The predicted octanol–water partition coefficient (Wildman–Crippen LogP) is 3.43. The van der Waals surface area contributed by atoms with Gasteiger partial charge in [-0.1, -0.05) is 36.4 Å². The van der Waals surface area contributed by atoms with Crippen molar-refractivity contribution in [1.29, 1.82) is 0 Å². The van der Waals surface area contributed by atoms with Crippen molar-refractivity contribution in [2.45, 2.75) is 6.92 Å². The van der Waals surface area contributed by atoms with Crippen LogP contribution in [0.1, 0.15) is 22.8 Å². The molecule has 0 saturated heterocycles. The molecule has 3 aromatic rings. The topological polar surface area (TPSA) is 140 Å². The Kier molecular flexibility index (Phi) is 7.39. The van der Waals surface area contributed by atoms with Crippen molar-refractivity contribution in [2.75, 3.05) is 5.32 Å². The van der Waals surface area contributed by atoms with Gasteiger partial charge in [0.1, 0.15) is 17.1 Å². The van der Waals surface area contributed by atoms with Gasteiger partial charge in [0.15, 0.2) is 0 Å². The van der Waals surface area contributed by atoms with Crippen molar-refractivity contribution in [1.82, 2.24) is 5.43 Å². The lowest BCUT2D eigenvalue weighted by Crippen LogP contribution is -2.33. The number of nitrogens with one attached hydrogen (secondary N) is 2. The predicted molar refractivity (Wildman–Crippen MR) is 120 cm³/mol. The van der Waals surface area contributed by atoms with Gasteiger partial charge >= 0.3 is 17.8 Å². The summed E-state index contributed by atoms with van der Waals surface area (Å²) in [5.74, 6) is -3.94. The number of nitro benzene ring substituents is 1. The number of benzene rings is 3. The highest BCUT2D eigenvalue weighted by molar-refractivity contribution is 6.39. The van der Waals surface area contributed by atoms with E-state index >= 15 is 0 Å². The van der Waals surface area contributed by atoms with Crippen molar-refractivity contribution in [3.63, 3.8) is 0 Å². The van der Waals surface area contributed by atoms with Crippen molar-refractivity contribution < 1.29 is 28.4 Å². The van der Waals surface area contributed by atoms with Gasteiger partial charge in [0, 0.05) is 11.6 Å². The first-order chi connectivity index (χ1) is 16.3. The number of halogens is 1. The van der Waals surface area contributed by atoms with Gasteiger partial charge in [-0.15, -0.1) is 0 Å². The summed E-state index contributed by atoms with van der Waals surface area (Å²) in [7, 11) is 0. The van der Waals surface area contributed by atoms with Gasteiger partial charge in [-0.3, -0.25) is 19.7 Å². The van der Waals surface area contributed by atoms with E-state index in [2.05, 4.69) is 10.4 Å². The zero-order valence-corrected chi connectivity index (χ0v) is 17.7. The first-order valence-corrected chi connectivity index (χ1v) is 9.73. The normalized spacial score (nSPS) is 10.8.